The first-order valence-corrected chi connectivity index (χ1v) is 11.0. The van der Waals surface area contributed by atoms with Crippen LogP contribution in [0.5, 0.6) is 0 Å². The normalized spacial score (nSPS) is 13.3. The van der Waals surface area contributed by atoms with Gasteiger partial charge in [0.05, 0.1) is 11.4 Å². The molecule has 4 aromatic rings. The predicted molar refractivity (Wildman–Crippen MR) is 129 cm³/mol. The molecule has 0 saturated carbocycles. The Balaban J connectivity index is 1.44. The quantitative estimate of drug-likeness (QED) is 0.377. The highest BCUT2D eigenvalue weighted by Gasteiger charge is 2.19. The van der Waals surface area contributed by atoms with Gasteiger partial charge in [-0.1, -0.05) is 66.2 Å². The fourth-order valence-corrected chi connectivity index (χ4v) is 4.13. The van der Waals surface area contributed by atoms with Gasteiger partial charge in [0.15, 0.2) is 0 Å². The standard InChI is InChI=1S/C27H22ClN3O/c28-24-13-10-21(11-14-24)27-23(19-31(29-27)25-8-2-1-3-9-25)12-15-26(32)30-17-16-20-6-4-5-7-22(20)18-30/h1-15,19H,16-18H2. The summed E-state index contributed by atoms with van der Waals surface area (Å²) < 4.78 is 1.84. The topological polar surface area (TPSA) is 38.1 Å². The van der Waals surface area contributed by atoms with E-state index < -0.39 is 0 Å². The lowest BCUT2D eigenvalue weighted by atomic mass is 10.00. The van der Waals surface area contributed by atoms with Crippen molar-refractivity contribution >= 4 is 23.6 Å². The summed E-state index contributed by atoms with van der Waals surface area (Å²) in [7, 11) is 0. The van der Waals surface area contributed by atoms with Gasteiger partial charge in [-0.3, -0.25) is 4.79 Å². The van der Waals surface area contributed by atoms with E-state index in [1.807, 2.05) is 82.5 Å². The van der Waals surface area contributed by atoms with Crippen LogP contribution in [-0.2, 0) is 17.8 Å². The molecule has 0 spiro atoms. The van der Waals surface area contributed by atoms with Gasteiger partial charge in [-0.05, 0) is 47.9 Å². The minimum absolute atomic E-state index is 0.00835. The molecule has 1 aliphatic rings. The van der Waals surface area contributed by atoms with Crippen LogP contribution in [0.3, 0.4) is 0 Å². The van der Waals surface area contributed by atoms with E-state index in [0.717, 1.165) is 35.5 Å². The predicted octanol–water partition coefficient (Wildman–Crippen LogP) is 5.79. The van der Waals surface area contributed by atoms with Crippen LogP contribution >= 0.6 is 11.6 Å². The van der Waals surface area contributed by atoms with Crippen LogP contribution in [0.15, 0.2) is 91.1 Å². The Bertz CT molecular complexity index is 1280. The molecule has 3 aromatic carbocycles. The molecule has 2 heterocycles. The molecule has 1 amide bonds. The summed E-state index contributed by atoms with van der Waals surface area (Å²) in [6.45, 7) is 1.38. The minimum Gasteiger partial charge on any atom is -0.334 e. The molecule has 0 unspecified atom stereocenters. The zero-order valence-corrected chi connectivity index (χ0v) is 18.2. The molecular weight excluding hydrogens is 418 g/mol. The summed E-state index contributed by atoms with van der Waals surface area (Å²) in [6.07, 6.45) is 6.35. The van der Waals surface area contributed by atoms with Gasteiger partial charge in [-0.25, -0.2) is 4.68 Å². The number of rotatable bonds is 4. The van der Waals surface area contributed by atoms with Crippen LogP contribution in [-0.4, -0.2) is 27.1 Å². The molecule has 1 aromatic heterocycles. The van der Waals surface area contributed by atoms with E-state index in [-0.39, 0.29) is 5.91 Å². The van der Waals surface area contributed by atoms with Crippen molar-refractivity contribution < 1.29 is 4.79 Å². The lowest BCUT2D eigenvalue weighted by Crippen LogP contribution is -2.34. The van der Waals surface area contributed by atoms with Gasteiger partial charge in [0.25, 0.3) is 0 Å². The third kappa shape index (κ3) is 4.23. The molecule has 0 N–H and O–H groups in total. The number of hydrogen-bond acceptors (Lipinski definition) is 2. The summed E-state index contributed by atoms with van der Waals surface area (Å²) in [5, 5.41) is 5.47. The van der Waals surface area contributed by atoms with Crippen molar-refractivity contribution in [3.63, 3.8) is 0 Å². The number of fused-ring (bicyclic) bond motifs is 1. The summed E-state index contributed by atoms with van der Waals surface area (Å²) in [6, 6.07) is 25.8. The zero-order chi connectivity index (χ0) is 21.9. The number of nitrogens with zero attached hydrogens (tertiary/aromatic N) is 3. The second-order valence-corrected chi connectivity index (χ2v) is 8.27. The second-order valence-electron chi connectivity index (χ2n) is 7.83. The highest BCUT2D eigenvalue weighted by Crippen LogP contribution is 2.26. The minimum atomic E-state index is 0.00835. The molecule has 0 aliphatic carbocycles. The Morgan fingerprint density at radius 1 is 0.906 bits per heavy atom. The van der Waals surface area contributed by atoms with E-state index in [9.17, 15) is 4.79 Å². The van der Waals surface area contributed by atoms with Crippen molar-refractivity contribution in [1.29, 1.82) is 0 Å². The van der Waals surface area contributed by atoms with Gasteiger partial charge < -0.3 is 4.90 Å². The van der Waals surface area contributed by atoms with E-state index in [2.05, 4.69) is 18.2 Å². The van der Waals surface area contributed by atoms with Crippen LogP contribution in [0.25, 0.3) is 23.0 Å². The first kappa shape index (κ1) is 20.3. The van der Waals surface area contributed by atoms with Crippen molar-refractivity contribution in [2.45, 2.75) is 13.0 Å². The molecule has 0 atom stereocenters. The van der Waals surface area contributed by atoms with Crippen LogP contribution in [0, 0.1) is 0 Å². The Labute approximate surface area is 192 Å². The number of benzene rings is 3. The molecule has 0 radical (unpaired) electrons. The third-order valence-electron chi connectivity index (χ3n) is 5.73. The molecule has 158 valence electrons. The molecule has 32 heavy (non-hydrogen) atoms. The fraction of sp³-hybridized carbons (Fsp3) is 0.111. The average molecular weight is 440 g/mol. The first-order valence-electron chi connectivity index (χ1n) is 10.6. The Morgan fingerprint density at radius 2 is 1.62 bits per heavy atom. The number of aromatic nitrogens is 2. The molecule has 4 nitrogen and oxygen atoms in total. The Hall–Kier alpha value is -3.63. The van der Waals surface area contributed by atoms with E-state index in [4.69, 9.17) is 16.7 Å². The fourth-order valence-electron chi connectivity index (χ4n) is 4.00. The maximum Gasteiger partial charge on any atom is 0.246 e. The number of halogens is 1. The number of carbonyl (C=O) groups excluding carboxylic acids is 1. The first-order chi connectivity index (χ1) is 15.7. The molecule has 5 rings (SSSR count). The van der Waals surface area contributed by atoms with Crippen LogP contribution in [0.2, 0.25) is 5.02 Å². The van der Waals surface area contributed by atoms with Crippen LogP contribution in [0.4, 0.5) is 0 Å². The van der Waals surface area contributed by atoms with E-state index >= 15 is 0 Å². The van der Waals surface area contributed by atoms with E-state index in [1.165, 1.54) is 11.1 Å². The second kappa shape index (κ2) is 8.85. The SMILES string of the molecule is O=C(C=Cc1cn(-c2ccccc2)nc1-c1ccc(Cl)cc1)N1CCc2ccccc2C1. The van der Waals surface area contributed by atoms with Crippen molar-refractivity contribution in [2.75, 3.05) is 6.54 Å². The van der Waals surface area contributed by atoms with Crippen molar-refractivity contribution in [1.82, 2.24) is 14.7 Å². The summed E-state index contributed by atoms with van der Waals surface area (Å²) in [5.74, 6) is 0.00835. The van der Waals surface area contributed by atoms with Gasteiger partial charge in [-0.15, -0.1) is 0 Å². The molecule has 0 fully saturated rings. The monoisotopic (exact) mass is 439 g/mol. The van der Waals surface area contributed by atoms with Gasteiger partial charge in [0, 0.05) is 41.5 Å². The van der Waals surface area contributed by atoms with Crippen molar-refractivity contribution in [2.24, 2.45) is 0 Å². The number of para-hydroxylation sites is 1. The summed E-state index contributed by atoms with van der Waals surface area (Å²) in [5.41, 5.74) is 6.14. The smallest absolute Gasteiger partial charge is 0.246 e. The number of amides is 1. The highest BCUT2D eigenvalue weighted by atomic mass is 35.5. The van der Waals surface area contributed by atoms with Gasteiger partial charge in [-0.2, -0.15) is 5.10 Å². The zero-order valence-electron chi connectivity index (χ0n) is 17.5. The maximum atomic E-state index is 12.9. The van der Waals surface area contributed by atoms with Crippen LogP contribution < -0.4 is 0 Å². The van der Waals surface area contributed by atoms with Crippen molar-refractivity contribution in [3.05, 3.63) is 113 Å². The third-order valence-corrected chi connectivity index (χ3v) is 5.98. The molecular formula is C27H22ClN3O. The van der Waals surface area contributed by atoms with Gasteiger partial charge in [0.1, 0.15) is 0 Å². The summed E-state index contributed by atoms with van der Waals surface area (Å²) in [4.78, 5) is 14.8. The van der Waals surface area contributed by atoms with Crippen molar-refractivity contribution in [3.8, 4) is 16.9 Å². The summed E-state index contributed by atoms with van der Waals surface area (Å²) >= 11 is 6.07. The molecule has 0 bridgehead atoms. The van der Waals surface area contributed by atoms with E-state index in [1.54, 1.807) is 6.08 Å². The molecule has 1 aliphatic heterocycles. The molecule has 0 saturated heterocycles. The number of carbonyl (C=O) groups is 1. The Morgan fingerprint density at radius 3 is 2.41 bits per heavy atom. The van der Waals surface area contributed by atoms with Gasteiger partial charge in [0.2, 0.25) is 5.91 Å². The van der Waals surface area contributed by atoms with E-state index in [0.29, 0.717) is 11.6 Å². The average Bonchev–Trinajstić information content (AvgIpc) is 3.27. The lowest BCUT2D eigenvalue weighted by molar-refractivity contribution is -0.126. The van der Waals surface area contributed by atoms with Gasteiger partial charge >= 0.3 is 0 Å². The lowest BCUT2D eigenvalue weighted by Gasteiger charge is -2.27. The van der Waals surface area contributed by atoms with Crippen LogP contribution in [0.1, 0.15) is 16.7 Å². The molecule has 5 heteroatoms. The maximum absolute atomic E-state index is 12.9. The number of hydrogen-bond donors (Lipinski definition) is 0. The highest BCUT2D eigenvalue weighted by molar-refractivity contribution is 6.30. The Kier molecular flexibility index (Phi) is 5.61. The largest absolute Gasteiger partial charge is 0.334 e.